The summed E-state index contributed by atoms with van der Waals surface area (Å²) in [6, 6.07) is 16.6. The van der Waals surface area contributed by atoms with Crippen LogP contribution < -0.4 is 0 Å². The van der Waals surface area contributed by atoms with Gasteiger partial charge in [-0.1, -0.05) is 81.1 Å². The van der Waals surface area contributed by atoms with Crippen molar-refractivity contribution in [2.24, 2.45) is 0 Å². The molecule has 282 valence electrons. The second kappa shape index (κ2) is 28.0. The number of fused-ring (bicyclic) bond motifs is 3. The molecule has 2 aromatic rings. The predicted molar refractivity (Wildman–Crippen MR) is 193 cm³/mol. The smallest absolute Gasteiger partial charge is 0.409 e. The van der Waals surface area contributed by atoms with Gasteiger partial charge in [-0.15, -0.1) is 0 Å². The van der Waals surface area contributed by atoms with Crippen LogP contribution in [-0.4, -0.2) is 137 Å². The number of amides is 1. The van der Waals surface area contributed by atoms with Gasteiger partial charge in [0, 0.05) is 26.1 Å². The van der Waals surface area contributed by atoms with Crippen LogP contribution >= 0.6 is 0 Å². The molecular formula is C39H61NO10. The molecule has 0 fully saturated rings. The minimum absolute atomic E-state index is 0.0443. The van der Waals surface area contributed by atoms with Gasteiger partial charge in [-0.2, -0.15) is 0 Å². The molecule has 50 heavy (non-hydrogen) atoms. The summed E-state index contributed by atoms with van der Waals surface area (Å²) < 4.78 is 50.0. The zero-order valence-electron chi connectivity index (χ0n) is 30.5. The van der Waals surface area contributed by atoms with Crippen LogP contribution in [0.4, 0.5) is 4.79 Å². The molecule has 1 aliphatic rings. The highest BCUT2D eigenvalue weighted by molar-refractivity contribution is 5.79. The van der Waals surface area contributed by atoms with Crippen LogP contribution in [0.1, 0.15) is 56.1 Å². The molecule has 0 heterocycles. The first kappa shape index (κ1) is 41.8. The number of carbonyl (C=O) groups excluding carboxylic acids is 1. The highest BCUT2D eigenvalue weighted by atomic mass is 16.6. The van der Waals surface area contributed by atoms with E-state index in [9.17, 15) is 4.79 Å². The molecule has 0 saturated carbocycles. The van der Waals surface area contributed by atoms with Gasteiger partial charge in [0.25, 0.3) is 0 Å². The highest BCUT2D eigenvalue weighted by Crippen LogP contribution is 2.44. The van der Waals surface area contributed by atoms with Gasteiger partial charge in [-0.25, -0.2) is 4.79 Å². The van der Waals surface area contributed by atoms with E-state index >= 15 is 0 Å². The van der Waals surface area contributed by atoms with Gasteiger partial charge in [-0.3, -0.25) is 0 Å². The van der Waals surface area contributed by atoms with Gasteiger partial charge >= 0.3 is 6.09 Å². The second-order valence-corrected chi connectivity index (χ2v) is 12.0. The fraction of sp³-hybridized carbons (Fsp3) is 0.667. The Morgan fingerprint density at radius 1 is 0.520 bits per heavy atom. The number of nitrogens with zero attached hydrogens (tertiary/aromatic N) is 1. The van der Waals surface area contributed by atoms with E-state index in [4.69, 9.17) is 42.6 Å². The standard InChI is InChI=1S/C39H61NO10/c1-3-4-5-6-11-17-42-19-21-44-23-25-46-27-29-48-31-32-49-30-28-47-26-24-45-22-20-43-18-16-40(2)39(41)50-33-38-36-14-9-7-12-34(36)35-13-8-10-15-37(35)38/h7-10,12-15,38H,3-6,11,16-33H2,1-2H3. The lowest BCUT2D eigenvalue weighted by atomic mass is 9.98. The van der Waals surface area contributed by atoms with Crippen molar-refractivity contribution in [3.05, 3.63) is 59.7 Å². The number of benzene rings is 2. The fourth-order valence-electron chi connectivity index (χ4n) is 5.45. The van der Waals surface area contributed by atoms with E-state index in [2.05, 4.69) is 31.2 Å². The summed E-state index contributed by atoms with van der Waals surface area (Å²) in [6.45, 7) is 11.5. The molecule has 0 atom stereocenters. The lowest BCUT2D eigenvalue weighted by Gasteiger charge is -2.19. The first-order chi connectivity index (χ1) is 24.7. The molecular weight excluding hydrogens is 642 g/mol. The largest absolute Gasteiger partial charge is 0.448 e. The Kier molecular flexibility index (Phi) is 23.4. The first-order valence-electron chi connectivity index (χ1n) is 18.4. The van der Waals surface area contributed by atoms with E-state index in [1.807, 2.05) is 24.3 Å². The zero-order valence-corrected chi connectivity index (χ0v) is 30.5. The number of hydrogen-bond donors (Lipinski definition) is 0. The zero-order chi connectivity index (χ0) is 35.3. The van der Waals surface area contributed by atoms with Crippen LogP contribution in [0, 0.1) is 0 Å². The quantitative estimate of drug-likeness (QED) is 0.0848. The Bertz CT molecular complexity index is 1090. The molecule has 1 amide bonds. The minimum Gasteiger partial charge on any atom is -0.448 e. The van der Waals surface area contributed by atoms with Gasteiger partial charge in [0.05, 0.1) is 99.1 Å². The van der Waals surface area contributed by atoms with Crippen LogP contribution in [0.15, 0.2) is 48.5 Å². The molecule has 0 spiro atoms. The Morgan fingerprint density at radius 2 is 0.900 bits per heavy atom. The third-order valence-electron chi connectivity index (χ3n) is 8.22. The number of hydrogen-bond acceptors (Lipinski definition) is 10. The molecule has 0 N–H and O–H groups in total. The Morgan fingerprint density at radius 3 is 1.34 bits per heavy atom. The van der Waals surface area contributed by atoms with E-state index in [1.165, 1.54) is 52.8 Å². The van der Waals surface area contributed by atoms with E-state index in [-0.39, 0.29) is 12.0 Å². The highest BCUT2D eigenvalue weighted by Gasteiger charge is 2.29. The second-order valence-electron chi connectivity index (χ2n) is 12.0. The number of likely N-dealkylation sites (N-methyl/N-ethyl adjacent to an activating group) is 1. The summed E-state index contributed by atoms with van der Waals surface area (Å²) in [7, 11) is 1.72. The first-order valence-corrected chi connectivity index (χ1v) is 18.4. The van der Waals surface area contributed by atoms with Crippen LogP contribution in [0.5, 0.6) is 0 Å². The maximum atomic E-state index is 12.6. The molecule has 0 unspecified atom stereocenters. The average Bonchev–Trinajstić information content (AvgIpc) is 3.46. The monoisotopic (exact) mass is 703 g/mol. The van der Waals surface area contributed by atoms with E-state index in [1.54, 1.807) is 7.05 Å². The third kappa shape index (κ3) is 17.5. The lowest BCUT2D eigenvalue weighted by Crippen LogP contribution is -2.32. The molecule has 0 aromatic heterocycles. The fourth-order valence-corrected chi connectivity index (χ4v) is 5.45. The number of rotatable bonds is 32. The summed E-state index contributed by atoms with van der Waals surface area (Å²) in [5, 5.41) is 0. The summed E-state index contributed by atoms with van der Waals surface area (Å²) in [4.78, 5) is 14.1. The topological polar surface area (TPSA) is 103 Å². The molecule has 3 rings (SSSR count). The van der Waals surface area contributed by atoms with Crippen molar-refractivity contribution in [1.29, 1.82) is 0 Å². The summed E-state index contributed by atoms with van der Waals surface area (Å²) in [6.07, 6.45) is 5.90. The van der Waals surface area contributed by atoms with Crippen molar-refractivity contribution in [2.75, 3.05) is 126 Å². The number of unbranched alkanes of at least 4 members (excludes halogenated alkanes) is 4. The average molecular weight is 704 g/mol. The van der Waals surface area contributed by atoms with Crippen molar-refractivity contribution < 1.29 is 47.4 Å². The van der Waals surface area contributed by atoms with Crippen LogP contribution in [0.2, 0.25) is 0 Å². The Hall–Kier alpha value is -2.61. The molecule has 11 heteroatoms. The molecule has 0 saturated heterocycles. The molecule has 2 aromatic carbocycles. The van der Waals surface area contributed by atoms with Crippen LogP contribution in [0.3, 0.4) is 0 Å². The molecule has 0 aliphatic heterocycles. The van der Waals surface area contributed by atoms with Gasteiger partial charge in [0.2, 0.25) is 0 Å². The van der Waals surface area contributed by atoms with Crippen LogP contribution in [-0.2, 0) is 42.6 Å². The van der Waals surface area contributed by atoms with Gasteiger partial charge < -0.3 is 47.5 Å². The SMILES string of the molecule is CCCCCCCOCCOCCOCCOCCOCCOCCOCCOCCN(C)C(=O)OCC1c2ccccc2-c2ccccc21. The van der Waals surface area contributed by atoms with Crippen molar-refractivity contribution in [2.45, 2.75) is 44.9 Å². The van der Waals surface area contributed by atoms with Gasteiger partial charge in [-0.05, 0) is 28.7 Å². The van der Waals surface area contributed by atoms with Crippen molar-refractivity contribution >= 4 is 6.09 Å². The summed E-state index contributed by atoms with van der Waals surface area (Å²) in [5.74, 6) is 0.0443. The number of ether oxygens (including phenoxy) is 9. The summed E-state index contributed by atoms with van der Waals surface area (Å²) in [5.41, 5.74) is 4.81. The lowest BCUT2D eigenvalue weighted by molar-refractivity contribution is -0.0234. The minimum atomic E-state index is -0.358. The predicted octanol–water partition coefficient (Wildman–Crippen LogP) is 5.97. The van der Waals surface area contributed by atoms with Crippen molar-refractivity contribution in [3.63, 3.8) is 0 Å². The maximum Gasteiger partial charge on any atom is 0.409 e. The van der Waals surface area contributed by atoms with Crippen LogP contribution in [0.25, 0.3) is 11.1 Å². The van der Waals surface area contributed by atoms with E-state index in [0.717, 1.165) is 13.0 Å². The van der Waals surface area contributed by atoms with E-state index < -0.39 is 0 Å². The van der Waals surface area contributed by atoms with E-state index in [0.29, 0.717) is 112 Å². The molecule has 0 radical (unpaired) electrons. The molecule has 11 nitrogen and oxygen atoms in total. The van der Waals surface area contributed by atoms with Gasteiger partial charge in [0.15, 0.2) is 0 Å². The summed E-state index contributed by atoms with van der Waals surface area (Å²) >= 11 is 0. The molecule has 1 aliphatic carbocycles. The number of carbonyl (C=O) groups is 1. The Labute approximate surface area is 299 Å². The Balaban J connectivity index is 1.00. The third-order valence-corrected chi connectivity index (χ3v) is 8.22. The van der Waals surface area contributed by atoms with Crippen molar-refractivity contribution in [1.82, 2.24) is 4.90 Å². The maximum absolute atomic E-state index is 12.6. The normalized spacial score (nSPS) is 12.3. The van der Waals surface area contributed by atoms with Crippen molar-refractivity contribution in [3.8, 4) is 11.1 Å². The molecule has 0 bridgehead atoms. The van der Waals surface area contributed by atoms with Gasteiger partial charge in [0.1, 0.15) is 6.61 Å².